The summed E-state index contributed by atoms with van der Waals surface area (Å²) >= 11 is 6.30. The number of halogens is 1. The standard InChI is InChI=1S/C14H27ClN4/c1-6-12-14(15)13(19(5)17-12)10-16-8-7-9-18(4)11(2)3/h11,16H,6-10H2,1-5H3. The van der Waals surface area contributed by atoms with Gasteiger partial charge in [0.2, 0.25) is 0 Å². The summed E-state index contributed by atoms with van der Waals surface area (Å²) in [5.74, 6) is 0. The lowest BCUT2D eigenvalue weighted by molar-refractivity contribution is 0.269. The van der Waals surface area contributed by atoms with Crippen LogP contribution < -0.4 is 5.32 Å². The number of hydrogen-bond donors (Lipinski definition) is 1. The number of nitrogens with one attached hydrogen (secondary N) is 1. The minimum absolute atomic E-state index is 0.610. The van der Waals surface area contributed by atoms with Crippen molar-refractivity contribution in [3.8, 4) is 0 Å². The van der Waals surface area contributed by atoms with Crippen molar-refractivity contribution in [2.75, 3.05) is 20.1 Å². The van der Waals surface area contributed by atoms with Crippen molar-refractivity contribution in [2.24, 2.45) is 7.05 Å². The first-order valence-corrected chi connectivity index (χ1v) is 7.46. The highest BCUT2D eigenvalue weighted by Crippen LogP contribution is 2.20. The van der Waals surface area contributed by atoms with Crippen LogP contribution in [0.4, 0.5) is 0 Å². The van der Waals surface area contributed by atoms with E-state index in [2.05, 4.69) is 43.1 Å². The van der Waals surface area contributed by atoms with Gasteiger partial charge in [0.1, 0.15) is 0 Å². The van der Waals surface area contributed by atoms with Crippen LogP contribution in [0.5, 0.6) is 0 Å². The van der Waals surface area contributed by atoms with Crippen LogP contribution in [0.2, 0.25) is 5.02 Å². The van der Waals surface area contributed by atoms with Gasteiger partial charge < -0.3 is 10.2 Å². The lowest BCUT2D eigenvalue weighted by atomic mass is 10.3. The molecule has 0 aliphatic rings. The molecule has 1 heterocycles. The van der Waals surface area contributed by atoms with Gasteiger partial charge in [-0.05, 0) is 46.8 Å². The van der Waals surface area contributed by atoms with E-state index >= 15 is 0 Å². The Hall–Kier alpha value is -0.580. The van der Waals surface area contributed by atoms with E-state index in [-0.39, 0.29) is 0 Å². The van der Waals surface area contributed by atoms with Gasteiger partial charge in [-0.2, -0.15) is 5.10 Å². The molecule has 1 aromatic rings. The fraction of sp³-hybridized carbons (Fsp3) is 0.786. The zero-order valence-electron chi connectivity index (χ0n) is 12.8. The van der Waals surface area contributed by atoms with Crippen molar-refractivity contribution in [1.29, 1.82) is 0 Å². The number of hydrogen-bond acceptors (Lipinski definition) is 3. The molecule has 0 aliphatic heterocycles. The number of nitrogens with zero attached hydrogens (tertiary/aromatic N) is 3. The maximum atomic E-state index is 6.30. The smallest absolute Gasteiger partial charge is 0.0863 e. The summed E-state index contributed by atoms with van der Waals surface area (Å²) in [4.78, 5) is 2.36. The Morgan fingerprint density at radius 3 is 2.63 bits per heavy atom. The van der Waals surface area contributed by atoms with E-state index in [0.717, 1.165) is 48.9 Å². The summed E-state index contributed by atoms with van der Waals surface area (Å²) in [6.45, 7) is 9.41. The Morgan fingerprint density at radius 1 is 1.42 bits per heavy atom. The van der Waals surface area contributed by atoms with Crippen molar-refractivity contribution >= 4 is 11.6 Å². The predicted octanol–water partition coefficient (Wildman–Crippen LogP) is 2.46. The molecular formula is C14H27ClN4. The quantitative estimate of drug-likeness (QED) is 0.745. The van der Waals surface area contributed by atoms with Crippen LogP contribution in [-0.2, 0) is 20.0 Å². The van der Waals surface area contributed by atoms with Crippen LogP contribution in [0.1, 0.15) is 38.6 Å². The van der Waals surface area contributed by atoms with Crippen LogP contribution in [-0.4, -0.2) is 40.9 Å². The molecule has 0 unspecified atom stereocenters. The van der Waals surface area contributed by atoms with Gasteiger partial charge in [0.05, 0.1) is 16.4 Å². The van der Waals surface area contributed by atoms with Crippen molar-refractivity contribution in [1.82, 2.24) is 20.0 Å². The van der Waals surface area contributed by atoms with E-state index < -0.39 is 0 Å². The maximum Gasteiger partial charge on any atom is 0.0863 e. The van der Waals surface area contributed by atoms with Crippen LogP contribution in [0, 0.1) is 0 Å². The second-order valence-corrected chi connectivity index (χ2v) is 5.67. The molecule has 0 radical (unpaired) electrons. The molecule has 4 nitrogen and oxygen atoms in total. The van der Waals surface area contributed by atoms with Crippen LogP contribution in [0.25, 0.3) is 0 Å². The van der Waals surface area contributed by atoms with Gasteiger partial charge in [0, 0.05) is 19.6 Å². The molecule has 1 N–H and O–H groups in total. The minimum Gasteiger partial charge on any atom is -0.311 e. The molecule has 0 aromatic carbocycles. The highest BCUT2D eigenvalue weighted by Gasteiger charge is 2.12. The summed E-state index contributed by atoms with van der Waals surface area (Å²) in [5, 5.41) is 8.68. The van der Waals surface area contributed by atoms with Gasteiger partial charge in [0.15, 0.2) is 0 Å². The molecule has 1 rings (SSSR count). The fourth-order valence-corrected chi connectivity index (χ4v) is 2.29. The Balaban J connectivity index is 2.32. The van der Waals surface area contributed by atoms with E-state index in [1.165, 1.54) is 0 Å². The third-order valence-corrected chi connectivity index (χ3v) is 3.98. The first-order valence-electron chi connectivity index (χ1n) is 7.08. The van der Waals surface area contributed by atoms with Crippen LogP contribution in [0.15, 0.2) is 0 Å². The number of rotatable bonds is 8. The van der Waals surface area contributed by atoms with Gasteiger partial charge in [-0.3, -0.25) is 4.68 Å². The van der Waals surface area contributed by atoms with Gasteiger partial charge in [-0.15, -0.1) is 0 Å². The largest absolute Gasteiger partial charge is 0.311 e. The van der Waals surface area contributed by atoms with E-state index in [1.54, 1.807) is 0 Å². The first kappa shape index (κ1) is 16.5. The van der Waals surface area contributed by atoms with E-state index in [1.807, 2.05) is 11.7 Å². The van der Waals surface area contributed by atoms with E-state index in [4.69, 9.17) is 11.6 Å². The normalized spacial score (nSPS) is 11.8. The van der Waals surface area contributed by atoms with E-state index in [0.29, 0.717) is 6.04 Å². The maximum absolute atomic E-state index is 6.30. The molecule has 0 aliphatic carbocycles. The lowest BCUT2D eigenvalue weighted by Gasteiger charge is -2.20. The number of aromatic nitrogens is 2. The summed E-state index contributed by atoms with van der Waals surface area (Å²) in [5.41, 5.74) is 2.07. The van der Waals surface area contributed by atoms with Gasteiger partial charge in [-0.1, -0.05) is 18.5 Å². The lowest BCUT2D eigenvalue weighted by Crippen LogP contribution is -2.29. The van der Waals surface area contributed by atoms with Gasteiger partial charge in [-0.25, -0.2) is 0 Å². The third-order valence-electron chi connectivity index (χ3n) is 3.54. The van der Waals surface area contributed by atoms with Crippen molar-refractivity contribution in [2.45, 2.75) is 46.2 Å². The minimum atomic E-state index is 0.610. The van der Waals surface area contributed by atoms with E-state index in [9.17, 15) is 0 Å². The zero-order chi connectivity index (χ0) is 14.4. The Kier molecular flexibility index (Phi) is 6.83. The number of aryl methyl sites for hydroxylation is 2. The Labute approximate surface area is 122 Å². The molecule has 110 valence electrons. The van der Waals surface area contributed by atoms with Crippen molar-refractivity contribution in [3.63, 3.8) is 0 Å². The molecular weight excluding hydrogens is 260 g/mol. The van der Waals surface area contributed by atoms with Gasteiger partial charge in [0.25, 0.3) is 0 Å². The Morgan fingerprint density at radius 2 is 2.11 bits per heavy atom. The average molecular weight is 287 g/mol. The summed E-state index contributed by atoms with van der Waals surface area (Å²) in [6.07, 6.45) is 2.02. The topological polar surface area (TPSA) is 33.1 Å². The molecule has 19 heavy (non-hydrogen) atoms. The molecule has 1 aromatic heterocycles. The van der Waals surface area contributed by atoms with Crippen molar-refractivity contribution in [3.05, 3.63) is 16.4 Å². The third kappa shape index (κ3) is 4.79. The summed E-state index contributed by atoms with van der Waals surface area (Å²) < 4.78 is 1.88. The molecule has 0 amide bonds. The highest BCUT2D eigenvalue weighted by atomic mass is 35.5. The SMILES string of the molecule is CCc1nn(C)c(CNCCCN(C)C(C)C)c1Cl. The monoisotopic (exact) mass is 286 g/mol. The second kappa shape index (κ2) is 7.88. The summed E-state index contributed by atoms with van der Waals surface area (Å²) in [6, 6.07) is 0.610. The van der Waals surface area contributed by atoms with Crippen LogP contribution in [0.3, 0.4) is 0 Å². The molecule has 0 fully saturated rings. The second-order valence-electron chi connectivity index (χ2n) is 5.29. The van der Waals surface area contributed by atoms with Gasteiger partial charge >= 0.3 is 0 Å². The van der Waals surface area contributed by atoms with Crippen LogP contribution >= 0.6 is 11.6 Å². The molecule has 0 atom stereocenters. The molecule has 0 saturated carbocycles. The predicted molar refractivity (Wildman–Crippen MR) is 81.7 cm³/mol. The average Bonchev–Trinajstić information content (AvgIpc) is 2.64. The molecule has 0 bridgehead atoms. The first-order chi connectivity index (χ1) is 8.97. The highest BCUT2D eigenvalue weighted by molar-refractivity contribution is 6.31. The van der Waals surface area contributed by atoms with Crippen molar-refractivity contribution < 1.29 is 0 Å². The summed E-state index contributed by atoms with van der Waals surface area (Å²) in [7, 11) is 4.12. The fourth-order valence-electron chi connectivity index (χ4n) is 1.93. The zero-order valence-corrected chi connectivity index (χ0v) is 13.6. The molecule has 0 spiro atoms. The Bertz CT molecular complexity index is 387. The molecule has 5 heteroatoms. The molecule has 0 saturated heterocycles.